The monoisotopic (exact) mass is 233 g/mol. The Kier molecular flexibility index (Phi) is 6.38. The Labute approximate surface area is 104 Å². The minimum absolute atomic E-state index is 0.00201. The zero-order valence-electron chi connectivity index (χ0n) is 10.9. The first-order valence-electron chi connectivity index (χ1n) is 6.62. The molecule has 0 spiro atoms. The van der Waals surface area contributed by atoms with E-state index in [4.69, 9.17) is 0 Å². The Morgan fingerprint density at radius 2 is 1.88 bits per heavy atom. The van der Waals surface area contributed by atoms with Gasteiger partial charge in [0.25, 0.3) is 0 Å². The van der Waals surface area contributed by atoms with Gasteiger partial charge in [0.15, 0.2) is 0 Å². The lowest BCUT2D eigenvalue weighted by Gasteiger charge is -2.15. The first-order chi connectivity index (χ1) is 8.29. The van der Waals surface area contributed by atoms with E-state index < -0.39 is 0 Å². The molecule has 1 aromatic rings. The van der Waals surface area contributed by atoms with E-state index in [0.717, 1.165) is 24.9 Å². The van der Waals surface area contributed by atoms with Crippen molar-refractivity contribution < 1.29 is 4.79 Å². The summed E-state index contributed by atoms with van der Waals surface area (Å²) < 4.78 is 0. The molecular formula is C15H23NO. The standard InChI is InChI=1S/C15H23NO/c1-3-5-9-12-16-15(17)14(4-2)13-10-7-6-8-11-13/h6-8,10-11,14H,3-5,9,12H2,1-2H3,(H,16,17). The van der Waals surface area contributed by atoms with Crippen LogP contribution < -0.4 is 5.32 Å². The second-order valence-corrected chi connectivity index (χ2v) is 4.37. The minimum atomic E-state index is -0.00201. The van der Waals surface area contributed by atoms with E-state index in [1.54, 1.807) is 0 Å². The van der Waals surface area contributed by atoms with E-state index in [1.165, 1.54) is 12.8 Å². The molecule has 1 aromatic carbocycles. The van der Waals surface area contributed by atoms with Crippen LogP contribution >= 0.6 is 0 Å². The molecule has 0 aromatic heterocycles. The highest BCUT2D eigenvalue weighted by Gasteiger charge is 2.17. The molecule has 17 heavy (non-hydrogen) atoms. The van der Waals surface area contributed by atoms with Crippen molar-refractivity contribution in [3.05, 3.63) is 35.9 Å². The van der Waals surface area contributed by atoms with E-state index in [9.17, 15) is 4.79 Å². The fourth-order valence-electron chi connectivity index (χ4n) is 1.97. The first kappa shape index (κ1) is 13.8. The Morgan fingerprint density at radius 1 is 1.18 bits per heavy atom. The zero-order chi connectivity index (χ0) is 12.5. The van der Waals surface area contributed by atoms with Crippen molar-refractivity contribution in [1.82, 2.24) is 5.32 Å². The predicted octanol–water partition coefficient (Wildman–Crippen LogP) is 3.49. The van der Waals surface area contributed by atoms with Gasteiger partial charge in [-0.2, -0.15) is 0 Å². The largest absolute Gasteiger partial charge is 0.356 e. The van der Waals surface area contributed by atoms with Crippen LogP contribution in [0.2, 0.25) is 0 Å². The van der Waals surface area contributed by atoms with E-state index in [-0.39, 0.29) is 11.8 Å². The van der Waals surface area contributed by atoms with E-state index >= 15 is 0 Å². The Bertz CT molecular complexity index is 321. The molecule has 1 atom stereocenters. The molecule has 94 valence electrons. The summed E-state index contributed by atoms with van der Waals surface area (Å²) in [5.41, 5.74) is 1.11. The van der Waals surface area contributed by atoms with E-state index in [2.05, 4.69) is 19.2 Å². The summed E-state index contributed by atoms with van der Waals surface area (Å²) in [5.74, 6) is 0.160. The quantitative estimate of drug-likeness (QED) is 0.718. The summed E-state index contributed by atoms with van der Waals surface area (Å²) in [6, 6.07) is 10.0. The number of amides is 1. The van der Waals surface area contributed by atoms with Gasteiger partial charge < -0.3 is 5.32 Å². The van der Waals surface area contributed by atoms with Crippen LogP contribution in [0.15, 0.2) is 30.3 Å². The number of carbonyl (C=O) groups is 1. The molecule has 0 bridgehead atoms. The number of rotatable bonds is 7. The minimum Gasteiger partial charge on any atom is -0.356 e. The van der Waals surface area contributed by atoms with Crippen LogP contribution in [0.25, 0.3) is 0 Å². The second kappa shape index (κ2) is 7.88. The third-order valence-corrected chi connectivity index (χ3v) is 3.01. The van der Waals surface area contributed by atoms with Crippen molar-refractivity contribution in [3.63, 3.8) is 0 Å². The molecule has 0 fully saturated rings. The molecule has 0 heterocycles. The summed E-state index contributed by atoms with van der Waals surface area (Å²) in [7, 11) is 0. The van der Waals surface area contributed by atoms with Crippen LogP contribution in [0.3, 0.4) is 0 Å². The number of unbranched alkanes of at least 4 members (excludes halogenated alkanes) is 2. The Balaban J connectivity index is 2.48. The van der Waals surface area contributed by atoms with Crippen molar-refractivity contribution in [1.29, 1.82) is 0 Å². The number of carbonyl (C=O) groups excluding carboxylic acids is 1. The third-order valence-electron chi connectivity index (χ3n) is 3.01. The molecule has 1 rings (SSSR count). The summed E-state index contributed by atoms with van der Waals surface area (Å²) >= 11 is 0. The fourth-order valence-corrected chi connectivity index (χ4v) is 1.97. The van der Waals surface area contributed by atoms with Crippen LogP contribution in [0.5, 0.6) is 0 Å². The van der Waals surface area contributed by atoms with Gasteiger partial charge in [-0.25, -0.2) is 0 Å². The van der Waals surface area contributed by atoms with Crippen molar-refractivity contribution in [3.8, 4) is 0 Å². The topological polar surface area (TPSA) is 29.1 Å². The first-order valence-corrected chi connectivity index (χ1v) is 6.62. The van der Waals surface area contributed by atoms with Crippen molar-refractivity contribution >= 4 is 5.91 Å². The number of benzene rings is 1. The SMILES string of the molecule is CCCCCNC(=O)C(CC)c1ccccc1. The lowest BCUT2D eigenvalue weighted by atomic mass is 9.95. The van der Waals surface area contributed by atoms with Gasteiger partial charge in [-0.1, -0.05) is 57.0 Å². The van der Waals surface area contributed by atoms with E-state index in [1.807, 2.05) is 30.3 Å². The molecule has 1 amide bonds. The average molecular weight is 233 g/mol. The van der Waals surface area contributed by atoms with Gasteiger partial charge >= 0.3 is 0 Å². The van der Waals surface area contributed by atoms with Gasteiger partial charge in [0.2, 0.25) is 5.91 Å². The summed E-state index contributed by atoms with van der Waals surface area (Å²) in [5, 5.41) is 3.03. The Morgan fingerprint density at radius 3 is 2.47 bits per heavy atom. The molecule has 0 radical (unpaired) electrons. The van der Waals surface area contributed by atoms with Crippen molar-refractivity contribution in [2.45, 2.75) is 45.4 Å². The summed E-state index contributed by atoms with van der Waals surface area (Å²) in [4.78, 5) is 12.0. The van der Waals surface area contributed by atoms with Gasteiger partial charge in [-0.15, -0.1) is 0 Å². The molecule has 1 unspecified atom stereocenters. The van der Waals surface area contributed by atoms with Crippen LogP contribution in [-0.4, -0.2) is 12.5 Å². The average Bonchev–Trinajstić information content (AvgIpc) is 2.37. The Hall–Kier alpha value is -1.31. The van der Waals surface area contributed by atoms with Gasteiger partial charge in [-0.05, 0) is 18.4 Å². The smallest absolute Gasteiger partial charge is 0.227 e. The molecule has 2 heteroatoms. The van der Waals surface area contributed by atoms with Crippen LogP contribution in [-0.2, 0) is 4.79 Å². The van der Waals surface area contributed by atoms with E-state index in [0.29, 0.717) is 0 Å². The predicted molar refractivity (Wildman–Crippen MR) is 72.0 cm³/mol. The molecule has 1 N–H and O–H groups in total. The molecule has 0 saturated heterocycles. The number of hydrogen-bond acceptors (Lipinski definition) is 1. The highest BCUT2D eigenvalue weighted by molar-refractivity contribution is 5.83. The van der Waals surface area contributed by atoms with Gasteiger partial charge in [0, 0.05) is 6.54 Å². The van der Waals surface area contributed by atoms with Gasteiger partial charge in [0.05, 0.1) is 5.92 Å². The van der Waals surface area contributed by atoms with Crippen LogP contribution in [0.1, 0.15) is 51.0 Å². The summed E-state index contributed by atoms with van der Waals surface area (Å²) in [6.45, 7) is 5.03. The lowest BCUT2D eigenvalue weighted by molar-refractivity contribution is -0.122. The number of nitrogens with one attached hydrogen (secondary N) is 1. The van der Waals surface area contributed by atoms with Gasteiger partial charge in [-0.3, -0.25) is 4.79 Å². The molecule has 0 aliphatic heterocycles. The maximum Gasteiger partial charge on any atom is 0.227 e. The highest BCUT2D eigenvalue weighted by Crippen LogP contribution is 2.19. The summed E-state index contributed by atoms with van der Waals surface area (Å²) in [6.07, 6.45) is 4.30. The molecule has 2 nitrogen and oxygen atoms in total. The highest BCUT2D eigenvalue weighted by atomic mass is 16.1. The van der Waals surface area contributed by atoms with Gasteiger partial charge in [0.1, 0.15) is 0 Å². The van der Waals surface area contributed by atoms with Crippen LogP contribution in [0.4, 0.5) is 0 Å². The maximum absolute atomic E-state index is 12.0. The normalized spacial score (nSPS) is 12.1. The van der Waals surface area contributed by atoms with Crippen molar-refractivity contribution in [2.24, 2.45) is 0 Å². The third kappa shape index (κ3) is 4.59. The number of hydrogen-bond donors (Lipinski definition) is 1. The van der Waals surface area contributed by atoms with Crippen LogP contribution in [0, 0.1) is 0 Å². The lowest BCUT2D eigenvalue weighted by Crippen LogP contribution is -2.29. The molecular weight excluding hydrogens is 210 g/mol. The zero-order valence-corrected chi connectivity index (χ0v) is 10.9. The molecule has 0 aliphatic carbocycles. The molecule has 0 saturated carbocycles. The maximum atomic E-state index is 12.0. The molecule has 0 aliphatic rings. The van der Waals surface area contributed by atoms with Crippen molar-refractivity contribution in [2.75, 3.05) is 6.54 Å². The fraction of sp³-hybridized carbons (Fsp3) is 0.533. The second-order valence-electron chi connectivity index (χ2n) is 4.37.